The van der Waals surface area contributed by atoms with Crippen molar-refractivity contribution in [3.05, 3.63) is 58.9 Å². The summed E-state index contributed by atoms with van der Waals surface area (Å²) in [5, 5.41) is 7.99. The smallest absolute Gasteiger partial charge is 0.122 e. The molecule has 0 fully saturated rings. The molecule has 0 saturated carbocycles. The molecule has 2 aromatic rings. The number of hydrogen-bond acceptors (Lipinski definition) is 3. The number of benzene rings is 1. The van der Waals surface area contributed by atoms with Crippen LogP contribution in [0.3, 0.4) is 0 Å². The Morgan fingerprint density at radius 3 is 2.61 bits per heavy atom. The highest BCUT2D eigenvalue weighted by atomic mass is 35.5. The van der Waals surface area contributed by atoms with E-state index in [0.29, 0.717) is 10.6 Å². The molecule has 0 atom stereocenters. The number of nitrogen functional groups attached to an aromatic ring is 1. The van der Waals surface area contributed by atoms with Gasteiger partial charge in [0.1, 0.15) is 5.84 Å². The van der Waals surface area contributed by atoms with Crippen molar-refractivity contribution in [2.75, 3.05) is 0 Å². The Balaban J connectivity index is 2.08. The molecule has 1 heterocycles. The zero-order valence-electron chi connectivity index (χ0n) is 9.56. The lowest BCUT2D eigenvalue weighted by atomic mass is 10.1. The highest BCUT2D eigenvalue weighted by Crippen LogP contribution is 2.26. The Hall–Kier alpha value is -1.52. The number of nitrogens with one attached hydrogen (secondary N) is 1. The van der Waals surface area contributed by atoms with Crippen LogP contribution in [0.15, 0.2) is 47.6 Å². The minimum Gasteiger partial charge on any atom is -0.384 e. The van der Waals surface area contributed by atoms with Gasteiger partial charge in [0.25, 0.3) is 0 Å². The van der Waals surface area contributed by atoms with Gasteiger partial charge < -0.3 is 5.73 Å². The topological polar surface area (TPSA) is 62.8 Å². The number of thioether (sulfide) groups is 1. The highest BCUT2D eigenvalue weighted by molar-refractivity contribution is 7.98. The predicted octanol–water partition coefficient (Wildman–Crippen LogP) is 3.31. The number of rotatable bonds is 4. The first-order chi connectivity index (χ1) is 8.66. The fraction of sp³-hybridized carbons (Fsp3) is 0.0769. The van der Waals surface area contributed by atoms with Gasteiger partial charge in [-0.1, -0.05) is 23.7 Å². The molecule has 92 valence electrons. The van der Waals surface area contributed by atoms with Crippen molar-refractivity contribution in [1.29, 1.82) is 5.41 Å². The molecule has 1 aromatic heterocycles. The molecule has 0 amide bonds. The van der Waals surface area contributed by atoms with Crippen molar-refractivity contribution in [1.82, 2.24) is 4.98 Å². The van der Waals surface area contributed by atoms with E-state index in [0.717, 1.165) is 16.2 Å². The molecule has 0 radical (unpaired) electrons. The van der Waals surface area contributed by atoms with Crippen molar-refractivity contribution in [2.24, 2.45) is 5.73 Å². The van der Waals surface area contributed by atoms with Gasteiger partial charge >= 0.3 is 0 Å². The summed E-state index contributed by atoms with van der Waals surface area (Å²) in [6, 6.07) is 9.38. The molecule has 0 aliphatic heterocycles. The molecule has 0 bridgehead atoms. The van der Waals surface area contributed by atoms with E-state index in [4.69, 9.17) is 22.7 Å². The predicted molar refractivity (Wildman–Crippen MR) is 76.3 cm³/mol. The van der Waals surface area contributed by atoms with Gasteiger partial charge in [0.05, 0.1) is 0 Å². The molecule has 1 aromatic carbocycles. The van der Waals surface area contributed by atoms with Crippen LogP contribution in [0.4, 0.5) is 0 Å². The Kier molecular flexibility index (Phi) is 4.23. The van der Waals surface area contributed by atoms with E-state index in [1.807, 2.05) is 24.3 Å². The minimum atomic E-state index is 0.0326. The number of amidine groups is 1. The van der Waals surface area contributed by atoms with Gasteiger partial charge in [-0.15, -0.1) is 11.8 Å². The zero-order chi connectivity index (χ0) is 13.0. The molecule has 0 spiro atoms. The van der Waals surface area contributed by atoms with Crippen molar-refractivity contribution < 1.29 is 0 Å². The molecule has 18 heavy (non-hydrogen) atoms. The van der Waals surface area contributed by atoms with Crippen LogP contribution in [0.25, 0.3) is 0 Å². The molecule has 3 nitrogen and oxygen atoms in total. The van der Waals surface area contributed by atoms with Crippen LogP contribution in [0.2, 0.25) is 5.02 Å². The number of aromatic nitrogens is 1. The van der Waals surface area contributed by atoms with E-state index >= 15 is 0 Å². The van der Waals surface area contributed by atoms with Crippen LogP contribution in [0.1, 0.15) is 11.1 Å². The summed E-state index contributed by atoms with van der Waals surface area (Å²) in [5.41, 5.74) is 7.09. The molecule has 0 aliphatic rings. The van der Waals surface area contributed by atoms with Gasteiger partial charge in [-0.3, -0.25) is 10.4 Å². The number of halogens is 1. The second-order valence-corrected chi connectivity index (χ2v) is 5.15. The number of nitrogens with two attached hydrogens (primary N) is 1. The van der Waals surface area contributed by atoms with Crippen LogP contribution < -0.4 is 5.73 Å². The van der Waals surface area contributed by atoms with E-state index in [9.17, 15) is 0 Å². The summed E-state index contributed by atoms with van der Waals surface area (Å²) >= 11 is 7.85. The van der Waals surface area contributed by atoms with Gasteiger partial charge in [-0.25, -0.2) is 0 Å². The highest BCUT2D eigenvalue weighted by Gasteiger charge is 2.04. The van der Waals surface area contributed by atoms with Crippen LogP contribution >= 0.6 is 23.4 Å². The molecular weight excluding hydrogens is 266 g/mol. The summed E-state index contributed by atoms with van der Waals surface area (Å²) in [6.07, 6.45) is 3.53. The third-order valence-corrected chi connectivity index (χ3v) is 3.82. The molecule has 5 heteroatoms. The number of nitrogens with zero attached hydrogens (tertiary/aromatic N) is 1. The molecule has 0 aliphatic carbocycles. The second kappa shape index (κ2) is 5.89. The van der Waals surface area contributed by atoms with Gasteiger partial charge in [-0.2, -0.15) is 0 Å². The Labute approximate surface area is 115 Å². The molecule has 3 N–H and O–H groups in total. The number of pyridine rings is 1. The first-order valence-electron chi connectivity index (χ1n) is 5.32. The molecule has 0 saturated heterocycles. The fourth-order valence-electron chi connectivity index (χ4n) is 1.43. The largest absolute Gasteiger partial charge is 0.384 e. The van der Waals surface area contributed by atoms with E-state index in [-0.39, 0.29) is 5.84 Å². The minimum absolute atomic E-state index is 0.0326. The first-order valence-corrected chi connectivity index (χ1v) is 6.69. The normalized spacial score (nSPS) is 10.3. The van der Waals surface area contributed by atoms with Crippen molar-refractivity contribution in [2.45, 2.75) is 10.6 Å². The third kappa shape index (κ3) is 3.24. The molecular formula is C13H12ClN3S. The Morgan fingerprint density at radius 2 is 2.00 bits per heavy atom. The zero-order valence-corrected chi connectivity index (χ0v) is 11.1. The van der Waals surface area contributed by atoms with Crippen LogP contribution in [0, 0.1) is 5.41 Å². The van der Waals surface area contributed by atoms with E-state index in [1.54, 1.807) is 30.2 Å². The molecule has 0 unspecified atom stereocenters. The van der Waals surface area contributed by atoms with E-state index < -0.39 is 0 Å². The van der Waals surface area contributed by atoms with Crippen LogP contribution in [-0.2, 0) is 5.75 Å². The molecule has 2 rings (SSSR count). The van der Waals surface area contributed by atoms with Gasteiger partial charge in [0, 0.05) is 33.6 Å². The maximum Gasteiger partial charge on any atom is 0.122 e. The summed E-state index contributed by atoms with van der Waals surface area (Å²) < 4.78 is 0. The maximum atomic E-state index is 7.35. The van der Waals surface area contributed by atoms with Crippen molar-refractivity contribution >= 4 is 29.2 Å². The lowest BCUT2D eigenvalue weighted by molar-refractivity contribution is 1.26. The van der Waals surface area contributed by atoms with Crippen LogP contribution in [-0.4, -0.2) is 10.8 Å². The van der Waals surface area contributed by atoms with E-state index in [1.165, 1.54) is 0 Å². The summed E-state index contributed by atoms with van der Waals surface area (Å²) in [7, 11) is 0. The summed E-state index contributed by atoms with van der Waals surface area (Å²) in [6.45, 7) is 0. The Morgan fingerprint density at radius 1 is 1.28 bits per heavy atom. The van der Waals surface area contributed by atoms with Crippen LogP contribution in [0.5, 0.6) is 0 Å². The van der Waals surface area contributed by atoms with E-state index in [2.05, 4.69) is 4.98 Å². The summed E-state index contributed by atoms with van der Waals surface area (Å²) in [4.78, 5) is 5.12. The second-order valence-electron chi connectivity index (χ2n) is 3.69. The first kappa shape index (κ1) is 12.9. The van der Waals surface area contributed by atoms with Gasteiger partial charge in [-0.05, 0) is 23.8 Å². The average Bonchev–Trinajstić information content (AvgIpc) is 2.38. The lowest BCUT2D eigenvalue weighted by Crippen LogP contribution is -2.10. The van der Waals surface area contributed by atoms with Gasteiger partial charge in [0.15, 0.2) is 0 Å². The SMILES string of the molecule is N=C(N)c1ccc(CSc2ccncc2)c(Cl)c1. The van der Waals surface area contributed by atoms with Gasteiger partial charge in [0.2, 0.25) is 0 Å². The third-order valence-electron chi connectivity index (χ3n) is 2.41. The Bertz CT molecular complexity index is 557. The quantitative estimate of drug-likeness (QED) is 0.512. The lowest BCUT2D eigenvalue weighted by Gasteiger charge is -2.06. The summed E-state index contributed by atoms with van der Waals surface area (Å²) in [5.74, 6) is 0.811. The average molecular weight is 278 g/mol. The van der Waals surface area contributed by atoms with Crippen molar-refractivity contribution in [3.63, 3.8) is 0 Å². The standard InChI is InChI=1S/C13H12ClN3S/c14-12-7-9(13(15)16)1-2-10(12)8-18-11-3-5-17-6-4-11/h1-7H,8H2,(H3,15,16). The monoisotopic (exact) mass is 277 g/mol. The number of hydrogen-bond donors (Lipinski definition) is 2. The van der Waals surface area contributed by atoms with Crippen molar-refractivity contribution in [3.8, 4) is 0 Å². The fourth-order valence-corrected chi connectivity index (χ4v) is 2.64. The maximum absolute atomic E-state index is 7.35.